The van der Waals surface area contributed by atoms with Crippen molar-refractivity contribution in [3.63, 3.8) is 0 Å². The number of nitrogens with one attached hydrogen (secondary N) is 8. The number of nitrogens with zero attached hydrogens (tertiary/aromatic N) is 7. The first-order chi connectivity index (χ1) is 52.8. The van der Waals surface area contributed by atoms with E-state index in [1.165, 1.54) is 214 Å². The molecule has 8 N–H and O–H groups in total. The van der Waals surface area contributed by atoms with Gasteiger partial charge in [0.25, 0.3) is 11.8 Å². The Labute approximate surface area is 648 Å². The number of aryl methyl sites for hydroxylation is 5. The lowest BCUT2D eigenvalue weighted by Gasteiger charge is -2.57. The highest BCUT2D eigenvalue weighted by Gasteiger charge is 2.51. The number of carbonyl (C=O) groups excluding carboxylic acids is 1. The molecule has 20 nitrogen and oxygen atoms in total. The minimum absolute atomic E-state index is 0.206. The van der Waals surface area contributed by atoms with Crippen LogP contribution in [-0.4, -0.2) is 88.6 Å². The number of hydrogen-bond donors (Lipinski definition) is 8. The summed E-state index contributed by atoms with van der Waals surface area (Å²) in [4.78, 5) is 35.3. The molecular weight excluding hydrogens is 1360 g/mol. The predicted molar refractivity (Wildman–Crippen MR) is 442 cm³/mol. The molecule has 9 saturated carbocycles. The van der Waals surface area contributed by atoms with Gasteiger partial charge in [-0.05, 0) is 254 Å². The van der Waals surface area contributed by atoms with Gasteiger partial charge >= 0.3 is 5.97 Å². The molecule has 0 radical (unpaired) electrons. The lowest BCUT2D eigenvalue weighted by molar-refractivity contribution is 0.00693. The Bertz CT molecular complexity index is 4160. The minimum Gasteiger partial charge on any atom is -0.456 e. The Morgan fingerprint density at radius 1 is 0.505 bits per heavy atom. The van der Waals surface area contributed by atoms with E-state index in [0.29, 0.717) is 71.1 Å². The lowest BCUT2D eigenvalue weighted by atomic mass is 9.53. The number of ether oxygens (including phenoxy) is 1. The molecule has 9 fully saturated rings. The second-order valence-electron chi connectivity index (χ2n) is 34.2. The van der Waals surface area contributed by atoms with Crippen LogP contribution in [-0.2, 0) is 11.3 Å². The zero-order valence-electron chi connectivity index (χ0n) is 67.1. The van der Waals surface area contributed by atoms with E-state index in [1.807, 2.05) is 66.1 Å². The Morgan fingerprint density at radius 3 is 1.44 bits per heavy atom. The first-order valence-corrected chi connectivity index (χ1v) is 42.1. The molecule has 0 amide bonds. The van der Waals surface area contributed by atoms with Gasteiger partial charge < -0.3 is 60.7 Å². The normalized spacial score (nSPS) is 21.0. The first kappa shape index (κ1) is 78.4. The number of anilines is 8. The molecular formula is C89H125N15O5. The minimum atomic E-state index is -0.515. The summed E-state index contributed by atoms with van der Waals surface area (Å²) in [5, 5.41) is 37.7. The van der Waals surface area contributed by atoms with Gasteiger partial charge in [-0.3, -0.25) is 0 Å². The maximum absolute atomic E-state index is 12.8. The van der Waals surface area contributed by atoms with E-state index in [0.717, 1.165) is 93.9 Å². The summed E-state index contributed by atoms with van der Waals surface area (Å²) in [6.07, 6.45) is 45.4. The molecule has 3 aromatic carbocycles. The second-order valence-corrected chi connectivity index (χ2v) is 34.2. The standard InChI is InChI=1S/C30H40N2O2.C22H31N3O.C19H29N5O.C18H25N5O/c1-19-7-6-8-20(2)25(19)18-31-27-14-24(28(33)34-29(3,4)5)9-10-26(27)32-30-15-21-11-22(16-30)13-23(12-21)17-30;1-16-15-26-22(23-16)17-12-13-20(24-18-8-4-2-5-9-18)21(14-17)25-19-10-6-3-7-11-19;1-4-15(5-2)22-17-11-14(19-21-13(3)24-25-19)12-20-18(17)23-16-9-7-6-8-10-16;1-12-20-18(24-23-12)13-10-16(21-14-6-2-3-7-14)17(19-11-13)22-15-8-4-5-9-15/h6-10,14,21-23,31-32H,11-13,15-18H2,1-5H3;12-15,18-19,24-25H,2-11H2,1H3;11-12,15-16,22H,4-10H2,1-3H3,(H,20,23);10-11,14-15,21H,2-9H2,1H3,(H,19,22). The Hall–Kier alpha value is -8.68. The molecule has 4 bridgehead atoms. The molecule has 109 heavy (non-hydrogen) atoms. The third-order valence-corrected chi connectivity index (χ3v) is 24.0. The highest BCUT2D eigenvalue weighted by molar-refractivity contribution is 5.92. The Balaban J connectivity index is 0.000000129. The summed E-state index contributed by atoms with van der Waals surface area (Å²) in [6, 6.07) is 26.3. The fraction of sp³-hybridized carbons (Fsp3) is 0.596. The van der Waals surface area contributed by atoms with Gasteiger partial charge in [0.2, 0.25) is 5.89 Å². The third kappa shape index (κ3) is 21.7. The first-order valence-electron chi connectivity index (χ1n) is 42.1. The van der Waals surface area contributed by atoms with Crippen molar-refractivity contribution in [3.05, 3.63) is 125 Å². The van der Waals surface area contributed by atoms with Crippen molar-refractivity contribution in [1.82, 2.24) is 35.2 Å². The van der Waals surface area contributed by atoms with Crippen molar-refractivity contribution in [2.24, 2.45) is 17.8 Å². The average Bonchev–Trinajstić information content (AvgIpc) is 1.23. The molecule has 8 aromatic rings. The van der Waals surface area contributed by atoms with E-state index in [9.17, 15) is 4.79 Å². The van der Waals surface area contributed by atoms with Gasteiger partial charge in [0, 0.05) is 66.3 Å². The molecule has 17 rings (SSSR count). The van der Waals surface area contributed by atoms with E-state index < -0.39 is 5.60 Å². The molecule has 0 aliphatic heterocycles. The molecule has 5 heterocycles. The molecule has 9 aliphatic carbocycles. The molecule has 0 spiro atoms. The Kier molecular flexibility index (Phi) is 26.5. The highest BCUT2D eigenvalue weighted by Crippen LogP contribution is 2.57. The highest BCUT2D eigenvalue weighted by atomic mass is 16.6. The van der Waals surface area contributed by atoms with Gasteiger partial charge in [0.05, 0.1) is 56.5 Å². The van der Waals surface area contributed by atoms with Gasteiger partial charge in [0.1, 0.15) is 23.5 Å². The summed E-state index contributed by atoms with van der Waals surface area (Å²) >= 11 is 0. The summed E-state index contributed by atoms with van der Waals surface area (Å²) < 4.78 is 21.9. The number of carbonyl (C=O) groups is 1. The monoisotopic (exact) mass is 1480 g/mol. The van der Waals surface area contributed by atoms with Crippen LogP contribution in [0.4, 0.5) is 45.8 Å². The summed E-state index contributed by atoms with van der Waals surface area (Å²) in [7, 11) is 0. The van der Waals surface area contributed by atoms with E-state index in [1.54, 1.807) is 6.26 Å². The van der Waals surface area contributed by atoms with E-state index in [2.05, 4.69) is 160 Å². The molecule has 20 heteroatoms. The van der Waals surface area contributed by atoms with Crippen LogP contribution in [0.25, 0.3) is 34.4 Å². The fourth-order valence-corrected chi connectivity index (χ4v) is 18.6. The third-order valence-electron chi connectivity index (χ3n) is 24.0. The quantitative estimate of drug-likeness (QED) is 0.0277. The molecule has 586 valence electrons. The number of rotatable bonds is 23. The zero-order valence-corrected chi connectivity index (χ0v) is 67.1. The SMILES string of the molecule is CCC(CC)Nc1cc(-c2nc(C)no2)cnc1NC1CCCCC1.Cc1cccc(C)c1CNc1cc(C(=O)OC(C)(C)C)ccc1NC12CC3CC(CC(C3)C1)C2.Cc1coc(-c2ccc(NC3CCCCC3)c(NC3CCCCC3)c2)n1.Cc1noc(-c2cnc(NC3CCCC3)c(NC3CCCC3)c2)n1. The number of esters is 1. The average molecular weight is 1490 g/mol. The van der Waals surface area contributed by atoms with Gasteiger partial charge in [0.15, 0.2) is 11.6 Å². The van der Waals surface area contributed by atoms with Crippen molar-refractivity contribution in [2.45, 2.75) is 322 Å². The van der Waals surface area contributed by atoms with Crippen molar-refractivity contribution in [3.8, 4) is 34.4 Å². The largest absolute Gasteiger partial charge is 0.456 e. The maximum atomic E-state index is 12.8. The molecule has 5 aromatic heterocycles. The number of hydrogen-bond acceptors (Lipinski definition) is 20. The summed E-state index contributed by atoms with van der Waals surface area (Å²) in [5.74, 6) is 7.28. The van der Waals surface area contributed by atoms with Crippen LogP contribution >= 0.6 is 0 Å². The van der Waals surface area contributed by atoms with E-state index in [-0.39, 0.29) is 11.5 Å². The predicted octanol–water partition coefficient (Wildman–Crippen LogP) is 22.3. The van der Waals surface area contributed by atoms with Crippen LogP contribution < -0.4 is 42.5 Å². The van der Waals surface area contributed by atoms with Gasteiger partial charge in [-0.25, -0.2) is 19.7 Å². The van der Waals surface area contributed by atoms with Crippen LogP contribution in [0.15, 0.2) is 98.9 Å². The van der Waals surface area contributed by atoms with Crippen LogP contribution in [0.5, 0.6) is 0 Å². The van der Waals surface area contributed by atoms with Crippen LogP contribution in [0.2, 0.25) is 0 Å². The fourth-order valence-electron chi connectivity index (χ4n) is 18.6. The number of pyridine rings is 2. The van der Waals surface area contributed by atoms with Crippen LogP contribution in [0.1, 0.15) is 278 Å². The van der Waals surface area contributed by atoms with Crippen molar-refractivity contribution in [2.75, 3.05) is 42.5 Å². The molecule has 0 atom stereocenters. The van der Waals surface area contributed by atoms with Crippen LogP contribution in [0.3, 0.4) is 0 Å². The summed E-state index contributed by atoms with van der Waals surface area (Å²) in [5.41, 5.74) is 14.5. The van der Waals surface area contributed by atoms with Crippen LogP contribution in [0, 0.1) is 52.4 Å². The Morgan fingerprint density at radius 2 is 0.963 bits per heavy atom. The van der Waals surface area contributed by atoms with Gasteiger partial charge in [-0.1, -0.05) is 126 Å². The zero-order chi connectivity index (χ0) is 75.9. The maximum Gasteiger partial charge on any atom is 0.338 e. The smallest absolute Gasteiger partial charge is 0.338 e. The van der Waals surface area contributed by atoms with Gasteiger partial charge in [-0.15, -0.1) is 0 Å². The van der Waals surface area contributed by atoms with Crippen molar-refractivity contribution in [1.29, 1.82) is 0 Å². The van der Waals surface area contributed by atoms with Gasteiger partial charge in [-0.2, -0.15) is 9.97 Å². The van der Waals surface area contributed by atoms with Crippen molar-refractivity contribution < 1.29 is 23.0 Å². The van der Waals surface area contributed by atoms with E-state index in [4.69, 9.17) is 18.2 Å². The summed E-state index contributed by atoms with van der Waals surface area (Å²) in [6.45, 7) is 20.8. The number of benzene rings is 3. The molecule has 0 saturated heterocycles. The topological polar surface area (TPSA) is 252 Å². The lowest BCUT2D eigenvalue weighted by Crippen LogP contribution is -2.54. The van der Waals surface area contributed by atoms with E-state index >= 15 is 0 Å². The number of oxazole rings is 1. The number of aromatic nitrogens is 7. The van der Waals surface area contributed by atoms with Crippen molar-refractivity contribution >= 4 is 51.7 Å². The molecule has 9 aliphatic rings. The molecule has 0 unspecified atom stereocenters. The second kappa shape index (κ2) is 36.9.